The summed E-state index contributed by atoms with van der Waals surface area (Å²) in [5, 5.41) is 8.60. The highest BCUT2D eigenvalue weighted by Crippen LogP contribution is 2.23. The molecule has 3 rings (SSSR count). The van der Waals surface area contributed by atoms with Crippen molar-refractivity contribution < 1.29 is 9.15 Å². The molecule has 22 heavy (non-hydrogen) atoms. The van der Waals surface area contributed by atoms with E-state index in [1.165, 1.54) is 11.8 Å². The lowest BCUT2D eigenvalue weighted by atomic mass is 10.2. The van der Waals surface area contributed by atoms with Crippen LogP contribution in [0.15, 0.2) is 58.4 Å². The van der Waals surface area contributed by atoms with Crippen LogP contribution in [0.3, 0.4) is 0 Å². The lowest BCUT2D eigenvalue weighted by Crippen LogP contribution is -2.01. The normalized spacial score (nSPS) is 10.6. The fourth-order valence-electron chi connectivity index (χ4n) is 1.88. The maximum Gasteiger partial charge on any atom is 0.276 e. The number of rotatable bonds is 6. The van der Waals surface area contributed by atoms with Gasteiger partial charge in [0.25, 0.3) is 5.22 Å². The fraction of sp³-hybridized carbons (Fsp3) is 0.188. The van der Waals surface area contributed by atoms with E-state index in [0.29, 0.717) is 17.7 Å². The van der Waals surface area contributed by atoms with Crippen molar-refractivity contribution in [3.8, 4) is 17.2 Å². The van der Waals surface area contributed by atoms with Crippen LogP contribution < -0.4 is 4.74 Å². The topological polar surface area (TPSA) is 61.0 Å². The van der Waals surface area contributed by atoms with E-state index in [1.807, 2.05) is 43.3 Å². The number of hydrogen-bond acceptors (Lipinski definition) is 6. The van der Waals surface area contributed by atoms with Gasteiger partial charge in [0.1, 0.15) is 5.75 Å². The zero-order valence-electron chi connectivity index (χ0n) is 12.1. The summed E-state index contributed by atoms with van der Waals surface area (Å²) in [7, 11) is 0. The van der Waals surface area contributed by atoms with Crippen molar-refractivity contribution in [2.24, 2.45) is 0 Å². The predicted octanol–water partition coefficient (Wildman–Crippen LogP) is 3.61. The van der Waals surface area contributed by atoms with E-state index < -0.39 is 0 Å². The maximum absolute atomic E-state index is 5.73. The van der Waals surface area contributed by atoms with Gasteiger partial charge in [0.15, 0.2) is 0 Å². The molecule has 2 heterocycles. The number of aromatic nitrogens is 3. The van der Waals surface area contributed by atoms with Gasteiger partial charge >= 0.3 is 0 Å². The van der Waals surface area contributed by atoms with Crippen LogP contribution in [0.2, 0.25) is 0 Å². The highest BCUT2D eigenvalue weighted by molar-refractivity contribution is 7.99. The summed E-state index contributed by atoms with van der Waals surface area (Å²) in [6.07, 6.45) is 3.39. The van der Waals surface area contributed by atoms with Crippen LogP contribution in [0.5, 0.6) is 5.75 Å². The summed E-state index contributed by atoms with van der Waals surface area (Å²) in [6.45, 7) is 2.62. The Kier molecular flexibility index (Phi) is 4.70. The minimum atomic E-state index is 0.504. The summed E-state index contributed by atoms with van der Waals surface area (Å²) in [5.74, 6) is 2.16. The minimum Gasteiger partial charge on any atom is -0.492 e. The first-order chi connectivity index (χ1) is 10.8. The molecule has 3 aromatic rings. The standard InChI is InChI=1S/C16H15N3O2S/c1-12-4-2-3-5-14(12)20-10-11-22-16-19-18-15(21-16)13-6-8-17-9-7-13/h2-9H,10-11H2,1H3. The average molecular weight is 313 g/mol. The van der Waals surface area contributed by atoms with Crippen LogP contribution in [0.4, 0.5) is 0 Å². The number of nitrogens with zero attached hydrogens (tertiary/aromatic N) is 3. The van der Waals surface area contributed by atoms with Crippen molar-refractivity contribution in [1.29, 1.82) is 0 Å². The van der Waals surface area contributed by atoms with Crippen LogP contribution in [0.1, 0.15) is 5.56 Å². The first kappa shape index (κ1) is 14.6. The summed E-state index contributed by atoms with van der Waals surface area (Å²) in [6, 6.07) is 11.6. The number of benzene rings is 1. The quantitative estimate of drug-likeness (QED) is 0.512. The summed E-state index contributed by atoms with van der Waals surface area (Å²) < 4.78 is 11.3. The van der Waals surface area contributed by atoms with Gasteiger partial charge in [-0.1, -0.05) is 30.0 Å². The van der Waals surface area contributed by atoms with Gasteiger partial charge in [-0.05, 0) is 30.7 Å². The van der Waals surface area contributed by atoms with E-state index in [-0.39, 0.29) is 0 Å². The first-order valence-corrected chi connectivity index (χ1v) is 7.86. The molecule has 112 valence electrons. The lowest BCUT2D eigenvalue weighted by molar-refractivity contribution is 0.341. The van der Waals surface area contributed by atoms with Gasteiger partial charge in [0.05, 0.1) is 6.61 Å². The van der Waals surface area contributed by atoms with Crippen LogP contribution in [-0.4, -0.2) is 27.5 Å². The Morgan fingerprint density at radius 3 is 2.73 bits per heavy atom. The van der Waals surface area contributed by atoms with Crippen molar-refractivity contribution in [3.05, 3.63) is 54.4 Å². The number of para-hydroxylation sites is 1. The van der Waals surface area contributed by atoms with E-state index in [0.717, 1.165) is 22.6 Å². The predicted molar refractivity (Wildman–Crippen MR) is 84.9 cm³/mol. The van der Waals surface area contributed by atoms with Crippen molar-refractivity contribution >= 4 is 11.8 Å². The Morgan fingerprint density at radius 1 is 1.09 bits per heavy atom. The second-order valence-corrected chi connectivity index (χ2v) is 5.62. The van der Waals surface area contributed by atoms with Crippen molar-refractivity contribution in [1.82, 2.24) is 15.2 Å². The highest BCUT2D eigenvalue weighted by Gasteiger charge is 2.08. The maximum atomic E-state index is 5.73. The van der Waals surface area contributed by atoms with Crippen LogP contribution in [0, 0.1) is 6.92 Å². The molecule has 0 radical (unpaired) electrons. The Balaban J connectivity index is 1.51. The molecular weight excluding hydrogens is 298 g/mol. The SMILES string of the molecule is Cc1ccccc1OCCSc1nnc(-c2ccncc2)o1. The Morgan fingerprint density at radius 2 is 1.91 bits per heavy atom. The van der Waals surface area contributed by atoms with Crippen molar-refractivity contribution in [3.63, 3.8) is 0 Å². The van der Waals surface area contributed by atoms with E-state index in [1.54, 1.807) is 12.4 Å². The molecule has 1 aromatic carbocycles. The largest absolute Gasteiger partial charge is 0.492 e. The monoisotopic (exact) mass is 313 g/mol. The van der Waals surface area contributed by atoms with E-state index >= 15 is 0 Å². The fourth-order valence-corrected chi connectivity index (χ4v) is 2.46. The molecule has 5 nitrogen and oxygen atoms in total. The van der Waals surface area contributed by atoms with Gasteiger partial charge in [-0.3, -0.25) is 4.98 Å². The molecule has 0 aliphatic rings. The molecule has 0 saturated heterocycles. The van der Waals surface area contributed by atoms with E-state index in [4.69, 9.17) is 9.15 Å². The number of ether oxygens (including phenoxy) is 1. The summed E-state index contributed by atoms with van der Waals surface area (Å²) >= 11 is 1.48. The zero-order valence-corrected chi connectivity index (χ0v) is 12.9. The molecule has 0 atom stereocenters. The molecule has 0 fully saturated rings. The zero-order chi connectivity index (χ0) is 15.2. The van der Waals surface area contributed by atoms with Crippen LogP contribution in [-0.2, 0) is 0 Å². The highest BCUT2D eigenvalue weighted by atomic mass is 32.2. The lowest BCUT2D eigenvalue weighted by Gasteiger charge is -2.07. The second kappa shape index (κ2) is 7.09. The molecule has 0 bridgehead atoms. The Bertz CT molecular complexity index is 731. The summed E-state index contributed by atoms with van der Waals surface area (Å²) in [4.78, 5) is 3.96. The van der Waals surface area contributed by atoms with Gasteiger partial charge in [-0.15, -0.1) is 10.2 Å². The van der Waals surface area contributed by atoms with Gasteiger partial charge in [0.2, 0.25) is 5.89 Å². The van der Waals surface area contributed by atoms with Crippen molar-refractivity contribution in [2.75, 3.05) is 12.4 Å². The van der Waals surface area contributed by atoms with Gasteiger partial charge in [-0.2, -0.15) is 0 Å². The molecule has 6 heteroatoms. The molecule has 0 unspecified atom stereocenters. The van der Waals surface area contributed by atoms with E-state index in [2.05, 4.69) is 15.2 Å². The second-order valence-electron chi connectivity index (χ2n) is 4.57. The molecule has 0 saturated carbocycles. The number of hydrogen-bond donors (Lipinski definition) is 0. The molecule has 2 aromatic heterocycles. The molecule has 0 spiro atoms. The Labute approximate surface area is 132 Å². The molecular formula is C16H15N3O2S. The minimum absolute atomic E-state index is 0.504. The van der Waals surface area contributed by atoms with Gasteiger partial charge in [-0.25, -0.2) is 0 Å². The Hall–Kier alpha value is -2.34. The number of thioether (sulfide) groups is 1. The van der Waals surface area contributed by atoms with E-state index in [9.17, 15) is 0 Å². The molecule has 0 aliphatic heterocycles. The van der Waals surface area contributed by atoms with Crippen LogP contribution >= 0.6 is 11.8 Å². The van der Waals surface area contributed by atoms with Gasteiger partial charge < -0.3 is 9.15 Å². The van der Waals surface area contributed by atoms with Crippen molar-refractivity contribution in [2.45, 2.75) is 12.1 Å². The molecule has 0 N–H and O–H groups in total. The third kappa shape index (κ3) is 3.65. The third-order valence-electron chi connectivity index (χ3n) is 2.99. The number of pyridine rings is 1. The smallest absolute Gasteiger partial charge is 0.276 e. The molecule has 0 amide bonds. The summed E-state index contributed by atoms with van der Waals surface area (Å²) in [5.41, 5.74) is 2.00. The van der Waals surface area contributed by atoms with Crippen LogP contribution in [0.25, 0.3) is 11.5 Å². The third-order valence-corrected chi connectivity index (χ3v) is 3.78. The first-order valence-electron chi connectivity index (χ1n) is 6.88. The molecule has 0 aliphatic carbocycles. The van der Waals surface area contributed by atoms with Gasteiger partial charge in [0, 0.05) is 23.7 Å². The number of aryl methyl sites for hydroxylation is 1. The average Bonchev–Trinajstić information content (AvgIpc) is 3.03.